The highest BCUT2D eigenvalue weighted by Gasteiger charge is 2.64. The van der Waals surface area contributed by atoms with Gasteiger partial charge in [-0.2, -0.15) is 10.2 Å². The van der Waals surface area contributed by atoms with E-state index >= 15 is 0 Å². The molecule has 280 valence electrons. The molecule has 5 atom stereocenters. The van der Waals surface area contributed by atoms with Gasteiger partial charge < -0.3 is 38.7 Å². The Labute approximate surface area is 295 Å². The van der Waals surface area contributed by atoms with Crippen LogP contribution in [-0.2, 0) is 52.8 Å². The number of hydrogen-bond donors (Lipinski definition) is 2. The SMILES string of the molecule is CCC(=O)O[C@@H]1[C@@](C)(COP(=O)(N[C@@H](C)C(=O)OC(C)C)Oc2ccc(OCCOC)cc2)OC[C@]1(OC(=O)CC)c1ccc2c(N)ncnn12. The number of ether oxygens (including phenoxy) is 6. The van der Waals surface area contributed by atoms with E-state index in [9.17, 15) is 18.9 Å². The molecule has 18 heteroatoms. The lowest BCUT2D eigenvalue weighted by molar-refractivity contribution is -0.189. The average molecular weight is 736 g/mol. The van der Waals surface area contributed by atoms with E-state index in [1.807, 2.05) is 0 Å². The maximum atomic E-state index is 14.5. The molecule has 0 aliphatic carbocycles. The number of fused-ring (bicyclic) bond motifs is 1. The topological polar surface area (TPSA) is 210 Å². The zero-order valence-corrected chi connectivity index (χ0v) is 30.7. The van der Waals surface area contributed by atoms with Crippen molar-refractivity contribution in [3.8, 4) is 11.5 Å². The molecule has 17 nitrogen and oxygen atoms in total. The number of nitrogens with one attached hydrogen (secondary N) is 1. The Morgan fingerprint density at radius 2 is 1.75 bits per heavy atom. The average Bonchev–Trinajstić information content (AvgIpc) is 3.65. The third-order valence-electron chi connectivity index (χ3n) is 7.82. The van der Waals surface area contributed by atoms with Crippen LogP contribution < -0.4 is 20.1 Å². The molecular weight excluding hydrogens is 689 g/mol. The molecule has 3 heterocycles. The summed E-state index contributed by atoms with van der Waals surface area (Å²) in [6.07, 6.45) is -0.632. The molecule has 0 spiro atoms. The summed E-state index contributed by atoms with van der Waals surface area (Å²) in [6, 6.07) is 8.32. The summed E-state index contributed by atoms with van der Waals surface area (Å²) in [5.41, 5.74) is 3.39. The largest absolute Gasteiger partial charge is 0.491 e. The molecular formula is C33H46N5O12P. The number of methoxy groups -OCH3 is 1. The van der Waals surface area contributed by atoms with Gasteiger partial charge in [-0.15, -0.1) is 0 Å². The Hall–Kier alpha value is -4.28. The van der Waals surface area contributed by atoms with Gasteiger partial charge in [-0.3, -0.25) is 18.9 Å². The van der Waals surface area contributed by atoms with Gasteiger partial charge in [0, 0.05) is 20.0 Å². The Bertz CT molecular complexity index is 1720. The molecule has 1 saturated heterocycles. The van der Waals surface area contributed by atoms with Crippen molar-refractivity contribution in [3.05, 3.63) is 48.4 Å². The van der Waals surface area contributed by atoms with E-state index in [1.54, 1.807) is 66.0 Å². The fourth-order valence-corrected chi connectivity index (χ4v) is 6.85. The lowest BCUT2D eigenvalue weighted by Crippen LogP contribution is -2.54. The molecule has 0 saturated carbocycles. The van der Waals surface area contributed by atoms with E-state index in [2.05, 4.69) is 15.2 Å². The first-order valence-corrected chi connectivity index (χ1v) is 18.0. The van der Waals surface area contributed by atoms with Crippen molar-refractivity contribution in [3.63, 3.8) is 0 Å². The highest BCUT2D eigenvalue weighted by molar-refractivity contribution is 7.52. The van der Waals surface area contributed by atoms with Crippen molar-refractivity contribution in [2.75, 3.05) is 39.3 Å². The third kappa shape index (κ3) is 9.34. The second kappa shape index (κ2) is 16.8. The van der Waals surface area contributed by atoms with Gasteiger partial charge in [0.1, 0.15) is 41.6 Å². The number of carbonyl (C=O) groups excluding carboxylic acids is 3. The summed E-state index contributed by atoms with van der Waals surface area (Å²) < 4.78 is 62.0. The van der Waals surface area contributed by atoms with Crippen molar-refractivity contribution >= 4 is 37.0 Å². The quantitative estimate of drug-likeness (QED) is 0.0825. The summed E-state index contributed by atoms with van der Waals surface area (Å²) >= 11 is 0. The predicted octanol–water partition coefficient (Wildman–Crippen LogP) is 3.73. The minimum absolute atomic E-state index is 0.0165. The smallest absolute Gasteiger partial charge is 0.459 e. The van der Waals surface area contributed by atoms with Crippen LogP contribution in [0, 0.1) is 0 Å². The number of benzene rings is 1. The standard InChI is InChI=1S/C33H46N5O12P/c1-8-27(39)48-31-32(6,45-19-33(31,49-28(40)9-2)26-15-14-25-29(34)35-20-36-38(25)26)18-46-51(42,37-22(5)30(41)47-21(3)4)50-24-12-10-23(11-13-24)44-17-16-43-7/h10-15,20-22,31H,8-9,16-19H2,1-7H3,(H,37,42)(H2,34,35,36)/t22-,31+,32+,33-,51?/m0/s1. The minimum Gasteiger partial charge on any atom is -0.491 e. The Balaban J connectivity index is 1.72. The van der Waals surface area contributed by atoms with E-state index in [4.69, 9.17) is 43.2 Å². The van der Waals surface area contributed by atoms with Crippen LogP contribution in [0.2, 0.25) is 0 Å². The van der Waals surface area contributed by atoms with E-state index in [0.29, 0.717) is 24.5 Å². The van der Waals surface area contributed by atoms with Crippen molar-refractivity contribution in [1.29, 1.82) is 0 Å². The molecule has 1 aromatic carbocycles. The normalized spacial score (nSPS) is 21.9. The fraction of sp³-hybridized carbons (Fsp3) is 0.545. The Morgan fingerprint density at radius 3 is 2.39 bits per heavy atom. The van der Waals surface area contributed by atoms with Gasteiger partial charge in [-0.05, 0) is 64.1 Å². The Kier molecular flexibility index (Phi) is 13.0. The summed E-state index contributed by atoms with van der Waals surface area (Å²) in [4.78, 5) is 42.8. The summed E-state index contributed by atoms with van der Waals surface area (Å²) in [5, 5.41) is 6.94. The van der Waals surface area contributed by atoms with Crippen molar-refractivity contribution in [1.82, 2.24) is 19.7 Å². The summed E-state index contributed by atoms with van der Waals surface area (Å²) in [6.45, 7) is 9.38. The highest BCUT2D eigenvalue weighted by Crippen LogP contribution is 2.51. The van der Waals surface area contributed by atoms with E-state index in [0.717, 1.165) is 0 Å². The van der Waals surface area contributed by atoms with Crippen LogP contribution >= 0.6 is 7.75 Å². The van der Waals surface area contributed by atoms with Crippen LogP contribution in [0.5, 0.6) is 11.5 Å². The second-order valence-electron chi connectivity index (χ2n) is 12.2. The van der Waals surface area contributed by atoms with Gasteiger partial charge in [0.2, 0.25) is 5.60 Å². The molecule has 1 unspecified atom stereocenters. The molecule has 1 aliphatic heterocycles. The summed E-state index contributed by atoms with van der Waals surface area (Å²) in [7, 11) is -2.90. The van der Waals surface area contributed by atoms with Crippen LogP contribution in [0.3, 0.4) is 0 Å². The molecule has 3 N–H and O–H groups in total. The molecule has 1 aliphatic rings. The van der Waals surface area contributed by atoms with Gasteiger partial charge in [0.25, 0.3) is 0 Å². The first kappa shape index (κ1) is 39.5. The minimum atomic E-state index is -4.46. The highest BCUT2D eigenvalue weighted by atomic mass is 31.2. The van der Waals surface area contributed by atoms with Crippen LogP contribution in [0.25, 0.3) is 5.52 Å². The van der Waals surface area contributed by atoms with E-state index < -0.39 is 61.7 Å². The van der Waals surface area contributed by atoms with Crippen molar-refractivity contribution in [2.24, 2.45) is 0 Å². The monoisotopic (exact) mass is 735 g/mol. The zero-order chi connectivity index (χ0) is 37.4. The number of nitrogens with zero attached hydrogens (tertiary/aromatic N) is 3. The summed E-state index contributed by atoms with van der Waals surface area (Å²) in [5.74, 6) is -1.19. The molecule has 51 heavy (non-hydrogen) atoms. The lowest BCUT2D eigenvalue weighted by atomic mass is 9.85. The van der Waals surface area contributed by atoms with Crippen LogP contribution in [0.1, 0.15) is 60.1 Å². The number of hydrogen-bond acceptors (Lipinski definition) is 15. The van der Waals surface area contributed by atoms with Gasteiger partial charge in [0.15, 0.2) is 11.9 Å². The van der Waals surface area contributed by atoms with Crippen LogP contribution in [-0.4, -0.2) is 89.9 Å². The molecule has 2 aromatic heterocycles. The molecule has 0 radical (unpaired) electrons. The number of nitrogens with two attached hydrogens (primary N) is 1. The molecule has 0 amide bonds. The number of esters is 3. The first-order chi connectivity index (χ1) is 24.2. The number of rotatable bonds is 18. The third-order valence-corrected chi connectivity index (χ3v) is 9.44. The number of aromatic nitrogens is 3. The lowest BCUT2D eigenvalue weighted by Gasteiger charge is -2.38. The number of carbonyl (C=O) groups is 3. The molecule has 4 rings (SSSR count). The predicted molar refractivity (Wildman–Crippen MR) is 182 cm³/mol. The van der Waals surface area contributed by atoms with Crippen LogP contribution in [0.15, 0.2) is 42.7 Å². The fourth-order valence-electron chi connectivity index (χ4n) is 5.27. The maximum absolute atomic E-state index is 14.5. The van der Waals surface area contributed by atoms with Gasteiger partial charge >= 0.3 is 25.7 Å². The number of nitrogen functional groups attached to an aromatic ring is 1. The Morgan fingerprint density at radius 1 is 1.06 bits per heavy atom. The maximum Gasteiger partial charge on any atom is 0.459 e. The van der Waals surface area contributed by atoms with Crippen molar-refractivity contribution < 1.29 is 56.4 Å². The molecule has 3 aromatic rings. The zero-order valence-electron chi connectivity index (χ0n) is 29.8. The molecule has 1 fully saturated rings. The van der Waals surface area contributed by atoms with Gasteiger partial charge in [0.05, 0.1) is 31.6 Å². The van der Waals surface area contributed by atoms with Crippen LogP contribution in [0.4, 0.5) is 5.82 Å². The van der Waals surface area contributed by atoms with Crippen molar-refractivity contribution in [2.45, 2.75) is 83.8 Å². The van der Waals surface area contributed by atoms with Gasteiger partial charge in [-0.25, -0.2) is 14.1 Å². The van der Waals surface area contributed by atoms with E-state index in [1.165, 1.54) is 29.9 Å². The second-order valence-corrected chi connectivity index (χ2v) is 13.9. The molecule has 0 bridgehead atoms. The van der Waals surface area contributed by atoms with Gasteiger partial charge in [-0.1, -0.05) is 13.8 Å². The van der Waals surface area contributed by atoms with E-state index in [-0.39, 0.29) is 36.7 Å². The first-order valence-electron chi connectivity index (χ1n) is 16.5. The number of anilines is 1.